The van der Waals surface area contributed by atoms with Crippen LogP contribution in [0.5, 0.6) is 17.4 Å². The fraction of sp³-hybridized carbons (Fsp3) is 0. The van der Waals surface area contributed by atoms with Crippen molar-refractivity contribution >= 4 is 10.8 Å². The molecule has 0 spiro atoms. The molecule has 0 unspecified atom stereocenters. The van der Waals surface area contributed by atoms with Crippen molar-refractivity contribution in [2.24, 2.45) is 0 Å². The van der Waals surface area contributed by atoms with Crippen LogP contribution in [0.4, 0.5) is 0 Å². The van der Waals surface area contributed by atoms with Gasteiger partial charge in [-0.1, -0.05) is 18.2 Å². The highest BCUT2D eigenvalue weighted by atomic mass is 16.5. The van der Waals surface area contributed by atoms with Gasteiger partial charge < -0.3 is 9.84 Å². The first kappa shape index (κ1) is 12.0. The summed E-state index contributed by atoms with van der Waals surface area (Å²) < 4.78 is 5.62. The van der Waals surface area contributed by atoms with Gasteiger partial charge in [0.15, 0.2) is 0 Å². The number of rotatable bonds is 2. The van der Waals surface area contributed by atoms with E-state index >= 15 is 0 Å². The van der Waals surface area contributed by atoms with Gasteiger partial charge in [0.25, 0.3) is 0 Å². The Morgan fingerprint density at radius 3 is 2.70 bits per heavy atom. The summed E-state index contributed by atoms with van der Waals surface area (Å²) in [6.07, 6.45) is 0. The fourth-order valence-electron chi connectivity index (χ4n) is 1.93. The van der Waals surface area contributed by atoms with Crippen LogP contribution < -0.4 is 4.74 Å². The van der Waals surface area contributed by atoms with Gasteiger partial charge in [-0.3, -0.25) is 0 Å². The van der Waals surface area contributed by atoms with Crippen LogP contribution >= 0.6 is 0 Å². The molecule has 1 aromatic heterocycles. The van der Waals surface area contributed by atoms with Crippen molar-refractivity contribution < 1.29 is 9.84 Å². The second-order valence-corrected chi connectivity index (χ2v) is 4.27. The van der Waals surface area contributed by atoms with E-state index in [4.69, 9.17) is 10.00 Å². The summed E-state index contributed by atoms with van der Waals surface area (Å²) >= 11 is 0. The second-order valence-electron chi connectivity index (χ2n) is 4.27. The molecule has 0 aliphatic rings. The molecule has 0 saturated carbocycles. The van der Waals surface area contributed by atoms with Gasteiger partial charge in [-0.05, 0) is 41.1 Å². The van der Waals surface area contributed by atoms with Gasteiger partial charge in [0.05, 0.1) is 0 Å². The van der Waals surface area contributed by atoms with Crippen LogP contribution in [0, 0.1) is 11.3 Å². The highest BCUT2D eigenvalue weighted by molar-refractivity contribution is 5.85. The Hall–Kier alpha value is -3.06. The molecule has 4 heteroatoms. The van der Waals surface area contributed by atoms with Gasteiger partial charge >= 0.3 is 0 Å². The number of pyridine rings is 1. The molecular formula is C16H10N2O2. The lowest BCUT2D eigenvalue weighted by atomic mass is 10.1. The lowest BCUT2D eigenvalue weighted by Crippen LogP contribution is -1.89. The molecule has 0 bridgehead atoms. The molecule has 2 aromatic carbocycles. The first-order valence-corrected chi connectivity index (χ1v) is 6.02. The van der Waals surface area contributed by atoms with E-state index in [0.717, 1.165) is 10.8 Å². The number of aromatic nitrogens is 1. The Bertz CT molecular complexity index is 822. The summed E-state index contributed by atoms with van der Waals surface area (Å²) in [5, 5.41) is 20.2. The molecular weight excluding hydrogens is 252 g/mol. The molecule has 0 amide bonds. The van der Waals surface area contributed by atoms with Gasteiger partial charge in [-0.2, -0.15) is 5.26 Å². The number of fused-ring (bicyclic) bond motifs is 1. The Balaban J connectivity index is 1.96. The molecule has 0 aliphatic heterocycles. The van der Waals surface area contributed by atoms with Crippen LogP contribution in [-0.2, 0) is 0 Å². The quantitative estimate of drug-likeness (QED) is 0.766. The zero-order chi connectivity index (χ0) is 13.9. The average Bonchev–Trinajstić information content (AvgIpc) is 2.47. The van der Waals surface area contributed by atoms with Gasteiger partial charge in [-0.25, -0.2) is 4.98 Å². The molecule has 1 N–H and O–H groups in total. The van der Waals surface area contributed by atoms with E-state index in [1.165, 1.54) is 0 Å². The summed E-state index contributed by atoms with van der Waals surface area (Å²) in [5.74, 6) is 1.17. The third-order valence-electron chi connectivity index (χ3n) is 2.86. The Morgan fingerprint density at radius 1 is 1.00 bits per heavy atom. The zero-order valence-corrected chi connectivity index (χ0v) is 10.4. The first-order valence-electron chi connectivity index (χ1n) is 6.02. The minimum atomic E-state index is 0.208. The van der Waals surface area contributed by atoms with Crippen molar-refractivity contribution in [2.75, 3.05) is 0 Å². The largest absolute Gasteiger partial charge is 0.508 e. The minimum absolute atomic E-state index is 0.208. The van der Waals surface area contributed by atoms with Gasteiger partial charge in [0.1, 0.15) is 23.3 Å². The number of nitriles is 1. The van der Waals surface area contributed by atoms with E-state index in [0.29, 0.717) is 17.3 Å². The van der Waals surface area contributed by atoms with E-state index < -0.39 is 0 Å². The predicted molar refractivity (Wildman–Crippen MR) is 74.6 cm³/mol. The summed E-state index contributed by atoms with van der Waals surface area (Å²) in [7, 11) is 0. The Labute approximate surface area is 115 Å². The molecule has 0 atom stereocenters. The lowest BCUT2D eigenvalue weighted by molar-refractivity contribution is 0.463. The third kappa shape index (κ3) is 2.38. The van der Waals surface area contributed by atoms with Gasteiger partial charge in [0, 0.05) is 6.07 Å². The smallest absolute Gasteiger partial charge is 0.220 e. The van der Waals surface area contributed by atoms with Crippen LogP contribution in [0.25, 0.3) is 10.8 Å². The number of hydrogen-bond acceptors (Lipinski definition) is 4. The van der Waals surface area contributed by atoms with Crippen molar-refractivity contribution in [1.82, 2.24) is 4.98 Å². The van der Waals surface area contributed by atoms with E-state index in [1.807, 2.05) is 30.3 Å². The number of aromatic hydroxyl groups is 1. The molecule has 1 heterocycles. The Morgan fingerprint density at radius 2 is 1.85 bits per heavy atom. The maximum absolute atomic E-state index is 9.49. The van der Waals surface area contributed by atoms with Crippen LogP contribution in [0.2, 0.25) is 0 Å². The topological polar surface area (TPSA) is 66.1 Å². The highest BCUT2D eigenvalue weighted by Crippen LogP contribution is 2.27. The maximum atomic E-state index is 9.49. The Kier molecular flexibility index (Phi) is 2.94. The minimum Gasteiger partial charge on any atom is -0.508 e. The van der Waals surface area contributed by atoms with Crippen molar-refractivity contribution in [1.29, 1.82) is 5.26 Å². The highest BCUT2D eigenvalue weighted by Gasteiger charge is 2.02. The third-order valence-corrected chi connectivity index (χ3v) is 2.86. The molecule has 3 rings (SSSR count). The molecule has 3 aromatic rings. The molecule has 4 nitrogen and oxygen atoms in total. The van der Waals surface area contributed by atoms with Crippen molar-refractivity contribution in [3.8, 4) is 23.4 Å². The standard InChI is InChI=1S/C16H10N2O2/c17-10-13-2-1-3-16(18-13)20-15-7-5-11-4-6-14(19)8-12(11)9-15/h1-9,19H. The summed E-state index contributed by atoms with van der Waals surface area (Å²) in [4.78, 5) is 4.05. The molecule has 20 heavy (non-hydrogen) atoms. The van der Waals surface area contributed by atoms with Crippen molar-refractivity contribution in [2.45, 2.75) is 0 Å². The van der Waals surface area contributed by atoms with Gasteiger partial charge in [-0.15, -0.1) is 0 Å². The van der Waals surface area contributed by atoms with Crippen LogP contribution in [0.15, 0.2) is 54.6 Å². The molecule has 0 aliphatic carbocycles. The lowest BCUT2D eigenvalue weighted by Gasteiger charge is -2.06. The van der Waals surface area contributed by atoms with Crippen molar-refractivity contribution in [3.63, 3.8) is 0 Å². The van der Waals surface area contributed by atoms with E-state index in [9.17, 15) is 5.11 Å². The summed E-state index contributed by atoms with van der Waals surface area (Å²) in [6.45, 7) is 0. The molecule has 0 saturated heterocycles. The number of phenolic OH excluding ortho intramolecular Hbond substituents is 1. The maximum Gasteiger partial charge on any atom is 0.220 e. The van der Waals surface area contributed by atoms with Crippen molar-refractivity contribution in [3.05, 3.63) is 60.3 Å². The van der Waals surface area contributed by atoms with Crippen LogP contribution in [0.1, 0.15) is 5.69 Å². The van der Waals surface area contributed by atoms with E-state index in [2.05, 4.69) is 4.98 Å². The summed E-state index contributed by atoms with van der Waals surface area (Å²) in [5.41, 5.74) is 0.306. The van der Waals surface area contributed by atoms with E-state index in [1.54, 1.807) is 30.3 Å². The SMILES string of the molecule is N#Cc1cccc(Oc2ccc3ccc(O)cc3c2)n1. The molecule has 0 fully saturated rings. The number of phenols is 1. The summed E-state index contributed by atoms with van der Waals surface area (Å²) in [6, 6.07) is 17.7. The second kappa shape index (κ2) is 4.90. The average molecular weight is 262 g/mol. The number of nitrogens with zero attached hydrogens (tertiary/aromatic N) is 2. The predicted octanol–water partition coefficient (Wildman–Crippen LogP) is 3.60. The van der Waals surface area contributed by atoms with E-state index in [-0.39, 0.29) is 5.75 Å². The molecule has 96 valence electrons. The fourth-order valence-corrected chi connectivity index (χ4v) is 1.93. The van der Waals surface area contributed by atoms with Crippen LogP contribution in [-0.4, -0.2) is 10.1 Å². The number of hydrogen-bond donors (Lipinski definition) is 1. The number of benzene rings is 2. The monoisotopic (exact) mass is 262 g/mol. The number of ether oxygens (including phenoxy) is 1. The zero-order valence-electron chi connectivity index (χ0n) is 10.4. The first-order chi connectivity index (χ1) is 9.74. The molecule has 0 radical (unpaired) electrons. The van der Waals surface area contributed by atoms with Crippen LogP contribution in [0.3, 0.4) is 0 Å². The normalized spacial score (nSPS) is 10.2. The van der Waals surface area contributed by atoms with Gasteiger partial charge in [0.2, 0.25) is 5.88 Å².